The zero-order chi connectivity index (χ0) is 13.1. The van der Waals surface area contributed by atoms with Gasteiger partial charge in [-0.1, -0.05) is 24.3 Å². The molecule has 2 atom stereocenters. The number of ether oxygens (including phenoxy) is 2. The summed E-state index contributed by atoms with van der Waals surface area (Å²) in [6.07, 6.45) is 4.54. The summed E-state index contributed by atoms with van der Waals surface area (Å²) in [6, 6.07) is 9.37. The van der Waals surface area contributed by atoms with E-state index in [0.29, 0.717) is 6.04 Å². The van der Waals surface area contributed by atoms with Gasteiger partial charge >= 0.3 is 0 Å². The first kappa shape index (κ1) is 13.1. The third-order valence-electron chi connectivity index (χ3n) is 4.56. The van der Waals surface area contributed by atoms with E-state index >= 15 is 0 Å². The fraction of sp³-hybridized carbons (Fsp3) is 0.625. The van der Waals surface area contributed by atoms with Gasteiger partial charge in [0.2, 0.25) is 0 Å². The van der Waals surface area contributed by atoms with Gasteiger partial charge in [-0.15, -0.1) is 0 Å². The minimum absolute atomic E-state index is 0.100. The highest BCUT2D eigenvalue weighted by Gasteiger charge is 2.35. The van der Waals surface area contributed by atoms with Crippen molar-refractivity contribution in [3.8, 4) is 0 Å². The molecule has 1 aromatic carbocycles. The van der Waals surface area contributed by atoms with E-state index in [1.54, 1.807) is 7.11 Å². The quantitative estimate of drug-likeness (QED) is 0.898. The van der Waals surface area contributed by atoms with Crippen LogP contribution in [0.25, 0.3) is 0 Å². The van der Waals surface area contributed by atoms with Crippen LogP contribution < -0.4 is 5.32 Å². The van der Waals surface area contributed by atoms with Gasteiger partial charge in [-0.25, -0.2) is 0 Å². The van der Waals surface area contributed by atoms with Crippen molar-refractivity contribution in [2.24, 2.45) is 0 Å². The number of rotatable bonds is 4. The van der Waals surface area contributed by atoms with Crippen LogP contribution in [0.2, 0.25) is 0 Å². The summed E-state index contributed by atoms with van der Waals surface area (Å²) in [5.74, 6) is 0. The van der Waals surface area contributed by atoms with Gasteiger partial charge in [0.25, 0.3) is 0 Å². The highest BCUT2D eigenvalue weighted by atomic mass is 16.5. The topological polar surface area (TPSA) is 30.5 Å². The average Bonchev–Trinajstić information content (AvgIpc) is 2.94. The second-order valence-corrected chi connectivity index (χ2v) is 5.78. The van der Waals surface area contributed by atoms with Crippen LogP contribution in [0.4, 0.5) is 0 Å². The average molecular weight is 261 g/mol. The van der Waals surface area contributed by atoms with Crippen LogP contribution in [0.5, 0.6) is 0 Å². The Balaban J connectivity index is 1.57. The molecular weight excluding hydrogens is 238 g/mol. The first-order chi connectivity index (χ1) is 9.31. The first-order valence-electron chi connectivity index (χ1n) is 7.24. The van der Waals surface area contributed by atoms with Crippen LogP contribution in [-0.4, -0.2) is 38.5 Å². The lowest BCUT2D eigenvalue weighted by Crippen LogP contribution is -2.47. The normalized spacial score (nSPS) is 30.3. The van der Waals surface area contributed by atoms with Gasteiger partial charge in [0.05, 0.1) is 6.61 Å². The molecule has 3 rings (SSSR count). The molecule has 3 heteroatoms. The largest absolute Gasteiger partial charge is 0.378 e. The van der Waals surface area contributed by atoms with Gasteiger partial charge in [-0.2, -0.15) is 0 Å². The fourth-order valence-corrected chi connectivity index (χ4v) is 3.16. The Labute approximate surface area is 115 Å². The van der Waals surface area contributed by atoms with Crippen molar-refractivity contribution in [3.05, 3.63) is 35.4 Å². The number of benzene rings is 1. The summed E-state index contributed by atoms with van der Waals surface area (Å²) in [4.78, 5) is 0. The Bertz CT molecular complexity index is 427. The fourth-order valence-electron chi connectivity index (χ4n) is 3.16. The predicted octanol–water partition coefficient (Wildman–Crippen LogP) is 1.94. The molecule has 1 N–H and O–H groups in total. The smallest absolute Gasteiger partial charge is 0.106 e. The van der Waals surface area contributed by atoms with Crippen LogP contribution in [0.3, 0.4) is 0 Å². The van der Waals surface area contributed by atoms with Crippen molar-refractivity contribution in [2.75, 3.05) is 26.9 Å². The second kappa shape index (κ2) is 5.61. The zero-order valence-electron chi connectivity index (χ0n) is 11.7. The lowest BCUT2D eigenvalue weighted by Gasteiger charge is -2.31. The molecule has 19 heavy (non-hydrogen) atoms. The van der Waals surface area contributed by atoms with E-state index in [4.69, 9.17) is 9.47 Å². The summed E-state index contributed by atoms with van der Waals surface area (Å²) in [6.45, 7) is 2.44. The number of aryl methyl sites for hydroxylation is 1. The maximum Gasteiger partial charge on any atom is 0.106 e. The third kappa shape index (κ3) is 2.83. The first-order valence-corrected chi connectivity index (χ1v) is 7.24. The maximum atomic E-state index is 5.67. The molecule has 1 aromatic rings. The van der Waals surface area contributed by atoms with Gasteiger partial charge in [0.15, 0.2) is 0 Å². The van der Waals surface area contributed by atoms with E-state index < -0.39 is 0 Å². The molecule has 1 fully saturated rings. The van der Waals surface area contributed by atoms with Crippen LogP contribution in [0.1, 0.15) is 24.0 Å². The molecule has 0 bridgehead atoms. The summed E-state index contributed by atoms with van der Waals surface area (Å²) in [5, 5.41) is 3.69. The summed E-state index contributed by atoms with van der Waals surface area (Å²) in [5.41, 5.74) is 2.92. The van der Waals surface area contributed by atoms with Crippen molar-refractivity contribution in [2.45, 2.75) is 37.3 Å². The van der Waals surface area contributed by atoms with Crippen LogP contribution >= 0.6 is 0 Å². The molecule has 2 aliphatic rings. The van der Waals surface area contributed by atoms with Gasteiger partial charge in [0.1, 0.15) is 5.60 Å². The number of fused-ring (bicyclic) bond motifs is 1. The molecule has 3 nitrogen and oxygen atoms in total. The lowest BCUT2D eigenvalue weighted by molar-refractivity contribution is -0.0177. The Morgan fingerprint density at radius 1 is 1.37 bits per heavy atom. The SMILES string of the molecule is COC1(CNC2CCc3ccccc3C2)CCOC1. The minimum Gasteiger partial charge on any atom is -0.378 e. The Hall–Kier alpha value is -0.900. The van der Waals surface area contributed by atoms with Gasteiger partial charge in [-0.3, -0.25) is 0 Å². The second-order valence-electron chi connectivity index (χ2n) is 5.78. The third-order valence-corrected chi connectivity index (χ3v) is 4.56. The molecule has 0 aromatic heterocycles. The Morgan fingerprint density at radius 2 is 2.21 bits per heavy atom. The van der Waals surface area contributed by atoms with E-state index in [1.807, 2.05) is 0 Å². The molecule has 0 spiro atoms. The van der Waals surface area contributed by atoms with Crippen molar-refractivity contribution >= 4 is 0 Å². The van der Waals surface area contributed by atoms with Crippen molar-refractivity contribution < 1.29 is 9.47 Å². The number of methoxy groups -OCH3 is 1. The predicted molar refractivity (Wildman–Crippen MR) is 75.4 cm³/mol. The Kier molecular flexibility index (Phi) is 3.87. The molecule has 1 heterocycles. The number of hydrogen-bond acceptors (Lipinski definition) is 3. The molecule has 1 aliphatic carbocycles. The maximum absolute atomic E-state index is 5.67. The van der Waals surface area contributed by atoms with Crippen LogP contribution in [0, 0.1) is 0 Å². The van der Waals surface area contributed by atoms with Gasteiger partial charge in [-0.05, 0) is 30.4 Å². The summed E-state index contributed by atoms with van der Waals surface area (Å²) in [7, 11) is 1.80. The zero-order valence-corrected chi connectivity index (χ0v) is 11.7. The van der Waals surface area contributed by atoms with Crippen molar-refractivity contribution in [1.82, 2.24) is 5.32 Å². The van der Waals surface area contributed by atoms with E-state index in [9.17, 15) is 0 Å². The molecular formula is C16H23NO2. The van der Waals surface area contributed by atoms with Gasteiger partial charge in [0, 0.05) is 32.7 Å². The lowest BCUT2D eigenvalue weighted by atomic mass is 9.88. The molecule has 104 valence electrons. The number of hydrogen-bond donors (Lipinski definition) is 1. The molecule has 0 saturated carbocycles. The Morgan fingerprint density at radius 3 is 2.95 bits per heavy atom. The monoisotopic (exact) mass is 261 g/mol. The standard InChI is InChI=1S/C16H23NO2/c1-18-16(8-9-19-12-16)11-17-15-7-6-13-4-2-3-5-14(13)10-15/h2-5,15,17H,6-12H2,1H3. The molecule has 0 amide bonds. The van der Waals surface area contributed by atoms with E-state index in [2.05, 4.69) is 29.6 Å². The van der Waals surface area contributed by atoms with Crippen molar-refractivity contribution in [1.29, 1.82) is 0 Å². The number of nitrogens with one attached hydrogen (secondary N) is 1. The molecule has 2 unspecified atom stereocenters. The molecule has 1 saturated heterocycles. The van der Waals surface area contributed by atoms with E-state index in [1.165, 1.54) is 24.0 Å². The summed E-state index contributed by atoms with van der Waals surface area (Å²) >= 11 is 0. The van der Waals surface area contributed by atoms with Crippen LogP contribution in [0.15, 0.2) is 24.3 Å². The van der Waals surface area contributed by atoms with Crippen LogP contribution in [-0.2, 0) is 22.3 Å². The van der Waals surface area contributed by atoms with Crippen molar-refractivity contribution in [3.63, 3.8) is 0 Å². The summed E-state index contributed by atoms with van der Waals surface area (Å²) < 4.78 is 11.2. The van der Waals surface area contributed by atoms with E-state index in [0.717, 1.165) is 32.6 Å². The highest BCUT2D eigenvalue weighted by Crippen LogP contribution is 2.24. The van der Waals surface area contributed by atoms with Gasteiger partial charge < -0.3 is 14.8 Å². The van der Waals surface area contributed by atoms with E-state index in [-0.39, 0.29) is 5.60 Å². The highest BCUT2D eigenvalue weighted by molar-refractivity contribution is 5.30. The molecule has 1 aliphatic heterocycles. The molecule has 0 radical (unpaired) electrons. The minimum atomic E-state index is -0.100.